The van der Waals surface area contributed by atoms with Crippen molar-refractivity contribution >= 4 is 29.0 Å². The lowest BCUT2D eigenvalue weighted by atomic mass is 10.0. The van der Waals surface area contributed by atoms with E-state index in [0.717, 1.165) is 35.6 Å². The predicted molar refractivity (Wildman–Crippen MR) is 77.3 cm³/mol. The predicted octanol–water partition coefficient (Wildman–Crippen LogP) is 3.02. The topological polar surface area (TPSA) is 41.1 Å². The molecule has 2 aliphatic heterocycles. The second kappa shape index (κ2) is 5.41. The van der Waals surface area contributed by atoms with Crippen LogP contribution in [0, 0.1) is 5.82 Å². The summed E-state index contributed by atoms with van der Waals surface area (Å²) < 4.78 is 14.0. The molecular weight excluding hydrogens is 263 g/mol. The molecule has 0 unspecified atom stereocenters. The number of benzene rings is 1. The third kappa shape index (κ3) is 2.86. The molecule has 3 nitrogen and oxygen atoms in total. The summed E-state index contributed by atoms with van der Waals surface area (Å²) in [5.74, 6) is 2.05. The van der Waals surface area contributed by atoms with Crippen LogP contribution in [0.2, 0.25) is 0 Å². The van der Waals surface area contributed by atoms with Crippen LogP contribution in [-0.4, -0.2) is 23.5 Å². The normalized spacial score (nSPS) is 19.7. The Bertz CT molecular complexity index is 500. The molecule has 0 atom stereocenters. The highest BCUT2D eigenvalue weighted by atomic mass is 32.2. The number of rotatable bonds is 2. The van der Waals surface area contributed by atoms with Crippen molar-refractivity contribution in [1.82, 2.24) is 0 Å². The van der Waals surface area contributed by atoms with Gasteiger partial charge in [-0.3, -0.25) is 4.79 Å². The zero-order valence-electron chi connectivity index (χ0n) is 10.7. The summed E-state index contributed by atoms with van der Waals surface area (Å²) in [5.41, 5.74) is 2.16. The quantitative estimate of drug-likeness (QED) is 0.875. The van der Waals surface area contributed by atoms with E-state index < -0.39 is 0 Å². The molecule has 0 bridgehead atoms. The maximum Gasteiger partial charge on any atom is 0.224 e. The number of hydrogen-bond acceptors (Lipinski definition) is 3. The molecular formula is C14H17FN2OS. The van der Waals surface area contributed by atoms with E-state index >= 15 is 0 Å². The number of aryl methyl sites for hydroxylation is 1. The molecule has 0 saturated carbocycles. The van der Waals surface area contributed by atoms with Crippen LogP contribution >= 0.6 is 11.8 Å². The number of hydrogen-bond donors (Lipinski definition) is 2. The second-order valence-electron chi connectivity index (χ2n) is 5.07. The molecule has 1 aromatic rings. The molecule has 5 heteroatoms. The third-order valence-electron chi connectivity index (χ3n) is 3.67. The van der Waals surface area contributed by atoms with Gasteiger partial charge in [0, 0.05) is 18.2 Å². The van der Waals surface area contributed by atoms with Gasteiger partial charge in [0.15, 0.2) is 0 Å². The van der Waals surface area contributed by atoms with Crippen LogP contribution in [0.15, 0.2) is 12.1 Å². The smallest absolute Gasteiger partial charge is 0.224 e. The van der Waals surface area contributed by atoms with Gasteiger partial charge in [0.25, 0.3) is 0 Å². The van der Waals surface area contributed by atoms with E-state index in [1.54, 1.807) is 12.1 Å². The molecule has 0 aromatic heterocycles. The number of carbonyl (C=O) groups excluding carboxylic acids is 1. The van der Waals surface area contributed by atoms with Crippen LogP contribution in [-0.2, 0) is 11.2 Å². The molecule has 0 aliphatic carbocycles. The van der Waals surface area contributed by atoms with Crippen molar-refractivity contribution in [2.45, 2.75) is 31.7 Å². The Balaban J connectivity index is 1.80. The maximum absolute atomic E-state index is 14.0. The summed E-state index contributed by atoms with van der Waals surface area (Å²) in [6.45, 7) is 0. The Morgan fingerprint density at radius 1 is 1.26 bits per heavy atom. The second-order valence-corrected chi connectivity index (χ2v) is 6.29. The zero-order valence-corrected chi connectivity index (χ0v) is 11.5. The van der Waals surface area contributed by atoms with Gasteiger partial charge in [0.05, 0.1) is 5.69 Å². The summed E-state index contributed by atoms with van der Waals surface area (Å²) in [5, 5.41) is 6.09. The van der Waals surface area contributed by atoms with E-state index in [4.69, 9.17) is 0 Å². The van der Waals surface area contributed by atoms with Crippen LogP contribution < -0.4 is 10.6 Å². The van der Waals surface area contributed by atoms with E-state index in [2.05, 4.69) is 10.6 Å². The lowest BCUT2D eigenvalue weighted by molar-refractivity contribution is -0.116. The standard InChI is InChI=1S/C14H17FN2OS/c15-11-7-9-1-2-14(18)17-12(9)8-13(11)16-10-3-5-19-6-4-10/h7-8,10,16H,1-6H2,(H,17,18). The number of carbonyl (C=O) groups is 1. The minimum absolute atomic E-state index is 0.0131. The Labute approximate surface area is 116 Å². The molecule has 1 fully saturated rings. The first kappa shape index (κ1) is 12.8. The Hall–Kier alpha value is -1.23. The van der Waals surface area contributed by atoms with Crippen molar-refractivity contribution in [3.05, 3.63) is 23.5 Å². The van der Waals surface area contributed by atoms with Gasteiger partial charge in [-0.2, -0.15) is 11.8 Å². The van der Waals surface area contributed by atoms with Crippen molar-refractivity contribution in [3.63, 3.8) is 0 Å². The third-order valence-corrected chi connectivity index (χ3v) is 4.72. The molecule has 1 aromatic carbocycles. The molecule has 1 saturated heterocycles. The lowest BCUT2D eigenvalue weighted by Gasteiger charge is -2.25. The number of anilines is 2. The van der Waals surface area contributed by atoms with Gasteiger partial charge in [0.1, 0.15) is 5.82 Å². The van der Waals surface area contributed by atoms with E-state index in [9.17, 15) is 9.18 Å². The number of nitrogens with one attached hydrogen (secondary N) is 2. The van der Waals surface area contributed by atoms with Crippen LogP contribution in [0.5, 0.6) is 0 Å². The molecule has 3 rings (SSSR count). The average Bonchev–Trinajstić information content (AvgIpc) is 2.41. The summed E-state index contributed by atoms with van der Waals surface area (Å²) in [7, 11) is 0. The first-order valence-electron chi connectivity index (χ1n) is 6.69. The highest BCUT2D eigenvalue weighted by molar-refractivity contribution is 7.99. The van der Waals surface area contributed by atoms with Gasteiger partial charge < -0.3 is 10.6 Å². The zero-order chi connectivity index (χ0) is 13.2. The molecule has 102 valence electrons. The summed E-state index contributed by atoms with van der Waals surface area (Å²) >= 11 is 1.95. The first-order chi connectivity index (χ1) is 9.22. The molecule has 2 aliphatic rings. The molecule has 19 heavy (non-hydrogen) atoms. The van der Waals surface area contributed by atoms with Crippen molar-refractivity contribution < 1.29 is 9.18 Å². The van der Waals surface area contributed by atoms with Gasteiger partial charge in [-0.1, -0.05) is 0 Å². The largest absolute Gasteiger partial charge is 0.380 e. The molecule has 2 heterocycles. The Morgan fingerprint density at radius 2 is 2.05 bits per heavy atom. The lowest BCUT2D eigenvalue weighted by Crippen LogP contribution is -2.25. The summed E-state index contributed by atoms with van der Waals surface area (Å²) in [6, 6.07) is 3.63. The maximum atomic E-state index is 14.0. The van der Waals surface area contributed by atoms with Crippen LogP contribution in [0.4, 0.5) is 15.8 Å². The van der Waals surface area contributed by atoms with Gasteiger partial charge in [-0.05, 0) is 48.5 Å². The van der Waals surface area contributed by atoms with Crippen LogP contribution in [0.3, 0.4) is 0 Å². The van der Waals surface area contributed by atoms with E-state index in [1.807, 2.05) is 11.8 Å². The van der Waals surface area contributed by atoms with Gasteiger partial charge in [0.2, 0.25) is 5.91 Å². The van der Waals surface area contributed by atoms with Gasteiger partial charge in [-0.15, -0.1) is 0 Å². The fourth-order valence-electron chi connectivity index (χ4n) is 2.57. The minimum atomic E-state index is -0.215. The highest BCUT2D eigenvalue weighted by Gasteiger charge is 2.20. The molecule has 0 radical (unpaired) electrons. The number of amides is 1. The van der Waals surface area contributed by atoms with E-state index in [1.165, 1.54) is 0 Å². The van der Waals surface area contributed by atoms with E-state index in [0.29, 0.717) is 24.6 Å². The minimum Gasteiger partial charge on any atom is -0.380 e. The Kier molecular flexibility index (Phi) is 3.64. The number of fused-ring (bicyclic) bond motifs is 1. The van der Waals surface area contributed by atoms with E-state index in [-0.39, 0.29) is 11.7 Å². The van der Waals surface area contributed by atoms with Crippen molar-refractivity contribution in [3.8, 4) is 0 Å². The monoisotopic (exact) mass is 280 g/mol. The Morgan fingerprint density at radius 3 is 2.84 bits per heavy atom. The van der Waals surface area contributed by atoms with Gasteiger partial charge in [-0.25, -0.2) is 4.39 Å². The number of thioether (sulfide) groups is 1. The number of halogens is 1. The average molecular weight is 280 g/mol. The SMILES string of the molecule is O=C1CCc2cc(F)c(NC3CCSCC3)cc2N1. The van der Waals surface area contributed by atoms with Crippen LogP contribution in [0.25, 0.3) is 0 Å². The fourth-order valence-corrected chi connectivity index (χ4v) is 3.68. The van der Waals surface area contributed by atoms with Crippen LogP contribution in [0.1, 0.15) is 24.8 Å². The summed E-state index contributed by atoms with van der Waals surface area (Å²) in [6.07, 6.45) is 3.19. The molecule has 2 N–H and O–H groups in total. The first-order valence-corrected chi connectivity index (χ1v) is 7.84. The molecule has 0 spiro atoms. The molecule has 1 amide bonds. The van der Waals surface area contributed by atoms with Crippen molar-refractivity contribution in [2.24, 2.45) is 0 Å². The fraction of sp³-hybridized carbons (Fsp3) is 0.500. The van der Waals surface area contributed by atoms with Crippen molar-refractivity contribution in [1.29, 1.82) is 0 Å². The van der Waals surface area contributed by atoms with Gasteiger partial charge >= 0.3 is 0 Å². The summed E-state index contributed by atoms with van der Waals surface area (Å²) in [4.78, 5) is 11.4. The van der Waals surface area contributed by atoms with Crippen molar-refractivity contribution in [2.75, 3.05) is 22.1 Å². The highest BCUT2D eigenvalue weighted by Crippen LogP contribution is 2.30.